The minimum Gasteiger partial charge on any atom is -0.425 e. The van der Waals surface area contributed by atoms with Gasteiger partial charge in [0.2, 0.25) is 11.8 Å². The van der Waals surface area contributed by atoms with Crippen molar-refractivity contribution in [2.24, 2.45) is 0 Å². The fourth-order valence-corrected chi connectivity index (χ4v) is 2.69. The van der Waals surface area contributed by atoms with Crippen LogP contribution in [-0.4, -0.2) is 29.8 Å². The van der Waals surface area contributed by atoms with Gasteiger partial charge in [-0.1, -0.05) is 23.2 Å². The Morgan fingerprint density at radius 3 is 2.17 bits per heavy atom. The van der Waals surface area contributed by atoms with E-state index >= 15 is 0 Å². The summed E-state index contributed by atoms with van der Waals surface area (Å²) in [6.45, 7) is 6.99. The molecular formula is C15H18Cl2N6O. The predicted molar refractivity (Wildman–Crippen MR) is 90.4 cm³/mol. The monoisotopic (exact) mass is 368 g/mol. The maximum Gasteiger partial charge on any atom is 0.218 e. The fourth-order valence-electron chi connectivity index (χ4n) is 2.40. The molecule has 128 valence electrons. The molecule has 0 aliphatic heterocycles. The number of hydrogen-bond donors (Lipinski definition) is 0. The van der Waals surface area contributed by atoms with E-state index in [9.17, 15) is 0 Å². The third-order valence-electron chi connectivity index (χ3n) is 3.78. The van der Waals surface area contributed by atoms with Crippen LogP contribution in [0.15, 0.2) is 10.6 Å². The van der Waals surface area contributed by atoms with Gasteiger partial charge >= 0.3 is 0 Å². The molecule has 0 saturated carbocycles. The van der Waals surface area contributed by atoms with Crippen LogP contribution < -0.4 is 0 Å². The first-order chi connectivity index (χ1) is 11.4. The SMILES string of the molecule is Cc1nn(CCc2nnc(CCn3nc(C)c(Cl)c3C)o2)cc1Cl. The molecule has 24 heavy (non-hydrogen) atoms. The molecule has 3 rings (SSSR count). The van der Waals surface area contributed by atoms with Crippen LogP contribution >= 0.6 is 23.2 Å². The number of hydrogen-bond acceptors (Lipinski definition) is 5. The largest absolute Gasteiger partial charge is 0.425 e. The molecular weight excluding hydrogens is 351 g/mol. The Balaban J connectivity index is 1.56. The van der Waals surface area contributed by atoms with Crippen molar-refractivity contribution in [3.63, 3.8) is 0 Å². The summed E-state index contributed by atoms with van der Waals surface area (Å²) in [6.07, 6.45) is 3.01. The Bertz CT molecular complexity index is 831. The zero-order valence-corrected chi connectivity index (χ0v) is 15.3. The van der Waals surface area contributed by atoms with Crippen molar-refractivity contribution >= 4 is 23.2 Å². The maximum atomic E-state index is 6.14. The van der Waals surface area contributed by atoms with Gasteiger partial charge in [-0.2, -0.15) is 10.2 Å². The van der Waals surface area contributed by atoms with E-state index in [1.54, 1.807) is 10.9 Å². The highest BCUT2D eigenvalue weighted by Gasteiger charge is 2.12. The molecule has 0 aliphatic carbocycles. The van der Waals surface area contributed by atoms with E-state index in [1.165, 1.54) is 0 Å². The van der Waals surface area contributed by atoms with E-state index in [0.29, 0.717) is 47.8 Å². The van der Waals surface area contributed by atoms with Crippen molar-refractivity contribution < 1.29 is 4.42 Å². The van der Waals surface area contributed by atoms with Gasteiger partial charge in [0.1, 0.15) is 0 Å². The number of nitrogens with zero attached hydrogens (tertiary/aromatic N) is 6. The molecule has 0 radical (unpaired) electrons. The second-order valence-corrected chi connectivity index (χ2v) is 6.41. The van der Waals surface area contributed by atoms with Gasteiger partial charge in [-0.25, -0.2) is 0 Å². The molecule has 0 amide bonds. The Morgan fingerprint density at radius 2 is 1.62 bits per heavy atom. The van der Waals surface area contributed by atoms with Crippen molar-refractivity contribution in [3.8, 4) is 0 Å². The maximum absolute atomic E-state index is 6.14. The Morgan fingerprint density at radius 1 is 0.958 bits per heavy atom. The molecule has 0 aliphatic rings. The summed E-state index contributed by atoms with van der Waals surface area (Å²) in [7, 11) is 0. The minimum absolute atomic E-state index is 0.584. The van der Waals surface area contributed by atoms with Crippen LogP contribution in [0.3, 0.4) is 0 Å². The average molecular weight is 369 g/mol. The number of aryl methyl sites for hydroxylation is 6. The third-order valence-corrected chi connectivity index (χ3v) is 4.70. The van der Waals surface area contributed by atoms with Crippen LogP contribution in [0.4, 0.5) is 0 Å². The van der Waals surface area contributed by atoms with Crippen molar-refractivity contribution in [3.05, 3.63) is 45.1 Å². The van der Waals surface area contributed by atoms with Crippen molar-refractivity contribution in [1.82, 2.24) is 29.8 Å². The first kappa shape index (κ1) is 17.0. The molecule has 3 heterocycles. The second kappa shape index (κ2) is 6.94. The lowest BCUT2D eigenvalue weighted by atomic mass is 10.4. The summed E-state index contributed by atoms with van der Waals surface area (Å²) in [5.41, 5.74) is 2.58. The lowest BCUT2D eigenvalue weighted by molar-refractivity contribution is 0.418. The lowest BCUT2D eigenvalue weighted by Crippen LogP contribution is -2.05. The topological polar surface area (TPSA) is 74.6 Å². The molecule has 0 aromatic carbocycles. The number of halogens is 2. The highest BCUT2D eigenvalue weighted by molar-refractivity contribution is 6.31. The minimum atomic E-state index is 0.584. The first-order valence-corrected chi connectivity index (χ1v) is 8.40. The zero-order chi connectivity index (χ0) is 17.3. The van der Waals surface area contributed by atoms with Crippen LogP contribution in [0.1, 0.15) is 28.9 Å². The standard InChI is InChI=1S/C15H18Cl2N6O/c1-9-12(16)8-22(20-9)6-4-13-18-19-14(24-13)5-7-23-11(3)15(17)10(2)21-23/h8H,4-7H2,1-3H3. The van der Waals surface area contributed by atoms with Crippen molar-refractivity contribution in [1.29, 1.82) is 0 Å². The smallest absolute Gasteiger partial charge is 0.218 e. The highest BCUT2D eigenvalue weighted by Crippen LogP contribution is 2.19. The van der Waals surface area contributed by atoms with Crippen LogP contribution in [0.25, 0.3) is 0 Å². The molecule has 7 nitrogen and oxygen atoms in total. The lowest BCUT2D eigenvalue weighted by Gasteiger charge is -2.01. The molecule has 3 aromatic rings. The average Bonchev–Trinajstić information content (AvgIpc) is 3.20. The second-order valence-electron chi connectivity index (χ2n) is 5.62. The van der Waals surface area contributed by atoms with Gasteiger partial charge in [-0.3, -0.25) is 9.36 Å². The third kappa shape index (κ3) is 3.62. The molecule has 0 bridgehead atoms. The summed E-state index contributed by atoms with van der Waals surface area (Å²) in [6, 6.07) is 0. The van der Waals surface area contributed by atoms with E-state index in [1.807, 2.05) is 25.5 Å². The molecule has 3 aromatic heterocycles. The molecule has 0 atom stereocenters. The van der Waals surface area contributed by atoms with Gasteiger partial charge in [0.25, 0.3) is 0 Å². The summed E-state index contributed by atoms with van der Waals surface area (Å²) in [5.74, 6) is 1.17. The van der Waals surface area contributed by atoms with Gasteiger partial charge < -0.3 is 4.42 Å². The van der Waals surface area contributed by atoms with E-state index < -0.39 is 0 Å². The molecule has 0 fully saturated rings. The Kier molecular flexibility index (Phi) is 4.91. The van der Waals surface area contributed by atoms with Gasteiger partial charge in [-0.15, -0.1) is 10.2 Å². The first-order valence-electron chi connectivity index (χ1n) is 7.64. The summed E-state index contributed by atoms with van der Waals surface area (Å²) in [5, 5.41) is 18.2. The highest BCUT2D eigenvalue weighted by atomic mass is 35.5. The van der Waals surface area contributed by atoms with Crippen molar-refractivity contribution in [2.75, 3.05) is 0 Å². The van der Waals surface area contributed by atoms with E-state index in [-0.39, 0.29) is 0 Å². The van der Waals surface area contributed by atoms with Gasteiger partial charge in [0, 0.05) is 32.1 Å². The molecule has 0 N–H and O–H groups in total. The van der Waals surface area contributed by atoms with Gasteiger partial charge in [0.15, 0.2) is 0 Å². The van der Waals surface area contributed by atoms with Crippen LogP contribution in [0.5, 0.6) is 0 Å². The van der Waals surface area contributed by atoms with E-state index in [2.05, 4.69) is 20.4 Å². The molecule has 0 unspecified atom stereocenters. The van der Waals surface area contributed by atoms with Gasteiger partial charge in [0.05, 0.1) is 27.1 Å². The number of aromatic nitrogens is 6. The normalized spacial score (nSPS) is 11.4. The Labute approximate surface area is 149 Å². The quantitative estimate of drug-likeness (QED) is 0.667. The summed E-state index contributed by atoms with van der Waals surface area (Å²) in [4.78, 5) is 0. The van der Waals surface area contributed by atoms with Crippen LogP contribution in [0.2, 0.25) is 10.0 Å². The van der Waals surface area contributed by atoms with Crippen LogP contribution in [-0.2, 0) is 25.9 Å². The zero-order valence-electron chi connectivity index (χ0n) is 13.8. The summed E-state index contributed by atoms with van der Waals surface area (Å²) < 4.78 is 9.31. The molecule has 9 heteroatoms. The predicted octanol–water partition coefficient (Wildman–Crippen LogP) is 3.18. The Hall–Kier alpha value is -1.86. The summed E-state index contributed by atoms with van der Waals surface area (Å²) >= 11 is 12.1. The van der Waals surface area contributed by atoms with E-state index in [4.69, 9.17) is 27.6 Å². The molecule has 0 saturated heterocycles. The van der Waals surface area contributed by atoms with Crippen LogP contribution in [0, 0.1) is 20.8 Å². The van der Waals surface area contributed by atoms with Crippen molar-refractivity contribution in [2.45, 2.75) is 46.7 Å². The van der Waals surface area contributed by atoms with Gasteiger partial charge in [-0.05, 0) is 20.8 Å². The number of rotatable bonds is 6. The van der Waals surface area contributed by atoms with E-state index in [0.717, 1.165) is 17.1 Å². The molecule has 0 spiro atoms. The fraction of sp³-hybridized carbons (Fsp3) is 0.467.